The van der Waals surface area contributed by atoms with E-state index in [4.69, 9.17) is 22.1 Å². The molecule has 4 nitrogen and oxygen atoms in total. The summed E-state index contributed by atoms with van der Waals surface area (Å²) in [5.41, 5.74) is 7.00. The van der Waals surface area contributed by atoms with Crippen LogP contribution < -0.4 is 10.5 Å². The van der Waals surface area contributed by atoms with Crippen LogP contribution in [0.25, 0.3) is 11.3 Å². The van der Waals surface area contributed by atoms with Crippen LogP contribution in [0.15, 0.2) is 30.6 Å². The molecule has 5 heteroatoms. The number of hydrogen-bond acceptors (Lipinski definition) is 4. The van der Waals surface area contributed by atoms with Gasteiger partial charge in [-0.05, 0) is 12.1 Å². The fourth-order valence-corrected chi connectivity index (χ4v) is 1.61. The molecule has 0 amide bonds. The molecule has 1 heterocycles. The molecular formula is C11H10ClN3O. The Morgan fingerprint density at radius 1 is 1.25 bits per heavy atom. The third kappa shape index (κ3) is 1.79. The highest BCUT2D eigenvalue weighted by Gasteiger charge is 2.12. The second kappa shape index (κ2) is 4.37. The summed E-state index contributed by atoms with van der Waals surface area (Å²) in [6.45, 7) is 0. The number of aromatic nitrogens is 2. The van der Waals surface area contributed by atoms with Crippen LogP contribution in [-0.4, -0.2) is 17.1 Å². The molecule has 2 aromatic rings. The van der Waals surface area contributed by atoms with Gasteiger partial charge in [-0.2, -0.15) is 0 Å². The number of methoxy groups -OCH3 is 1. The summed E-state index contributed by atoms with van der Waals surface area (Å²) in [7, 11) is 1.59. The molecule has 0 spiro atoms. The number of para-hydroxylation sites is 1. The Morgan fingerprint density at radius 2 is 2.00 bits per heavy atom. The van der Waals surface area contributed by atoms with E-state index in [1.165, 1.54) is 6.33 Å². The first-order valence-corrected chi connectivity index (χ1v) is 5.01. The number of nitrogens with two attached hydrogens (primary N) is 1. The molecule has 0 atom stereocenters. The monoisotopic (exact) mass is 235 g/mol. The van der Waals surface area contributed by atoms with E-state index in [-0.39, 0.29) is 5.82 Å². The minimum Gasteiger partial charge on any atom is -0.496 e. The Bertz CT molecular complexity index is 516. The van der Waals surface area contributed by atoms with Crippen molar-refractivity contribution in [2.75, 3.05) is 12.8 Å². The number of nitrogens with zero attached hydrogens (tertiary/aromatic N) is 2. The fraction of sp³-hybridized carbons (Fsp3) is 0.0909. The molecule has 1 aromatic heterocycles. The van der Waals surface area contributed by atoms with Gasteiger partial charge in [0.15, 0.2) is 0 Å². The van der Waals surface area contributed by atoms with Crippen LogP contribution in [0.1, 0.15) is 0 Å². The minimum atomic E-state index is 0.262. The number of hydrogen-bond donors (Lipinski definition) is 1. The van der Waals surface area contributed by atoms with Gasteiger partial charge in [-0.1, -0.05) is 23.7 Å². The summed E-state index contributed by atoms with van der Waals surface area (Å²) in [4.78, 5) is 7.93. The van der Waals surface area contributed by atoms with Crippen LogP contribution >= 0.6 is 11.6 Å². The number of ether oxygens (including phenoxy) is 1. The zero-order valence-corrected chi connectivity index (χ0v) is 9.40. The van der Waals surface area contributed by atoms with Gasteiger partial charge < -0.3 is 10.5 Å². The SMILES string of the molecule is COc1ccccc1-c1ncnc(N)c1Cl. The number of halogens is 1. The highest BCUT2D eigenvalue weighted by atomic mass is 35.5. The molecule has 82 valence electrons. The Balaban J connectivity index is 2.63. The Hall–Kier alpha value is -1.81. The minimum absolute atomic E-state index is 0.262. The number of anilines is 1. The summed E-state index contributed by atoms with van der Waals surface area (Å²) in [5, 5.41) is 0.340. The average molecular weight is 236 g/mol. The molecule has 0 aliphatic carbocycles. The molecule has 2 N–H and O–H groups in total. The standard InChI is InChI=1S/C11H10ClN3O/c1-16-8-5-3-2-4-7(8)10-9(12)11(13)15-6-14-10/h2-6H,1H3,(H2,13,14,15). The molecule has 1 aromatic carbocycles. The third-order valence-corrected chi connectivity index (χ3v) is 2.55. The molecule has 0 aliphatic rings. The first-order chi connectivity index (χ1) is 7.74. The molecular weight excluding hydrogens is 226 g/mol. The van der Waals surface area contributed by atoms with Gasteiger partial charge in [0.2, 0.25) is 0 Å². The number of benzene rings is 1. The highest BCUT2D eigenvalue weighted by molar-refractivity contribution is 6.35. The average Bonchev–Trinajstić information content (AvgIpc) is 2.33. The predicted octanol–water partition coefficient (Wildman–Crippen LogP) is 2.39. The van der Waals surface area contributed by atoms with Crippen LogP contribution in [-0.2, 0) is 0 Å². The fourth-order valence-electron chi connectivity index (χ4n) is 1.41. The zero-order valence-electron chi connectivity index (χ0n) is 8.64. The molecule has 0 saturated heterocycles. The summed E-state index contributed by atoms with van der Waals surface area (Å²) in [6, 6.07) is 7.46. The summed E-state index contributed by atoms with van der Waals surface area (Å²) < 4.78 is 5.23. The van der Waals surface area contributed by atoms with E-state index >= 15 is 0 Å². The van der Waals surface area contributed by atoms with Crippen molar-refractivity contribution in [1.82, 2.24) is 9.97 Å². The van der Waals surface area contributed by atoms with Crippen molar-refractivity contribution in [2.24, 2.45) is 0 Å². The maximum atomic E-state index is 6.05. The highest BCUT2D eigenvalue weighted by Crippen LogP contribution is 2.34. The normalized spacial score (nSPS) is 10.1. The maximum absolute atomic E-state index is 6.05. The number of nitrogen functional groups attached to an aromatic ring is 1. The third-order valence-electron chi connectivity index (χ3n) is 2.18. The van der Waals surface area contributed by atoms with Gasteiger partial charge in [0, 0.05) is 5.56 Å². The lowest BCUT2D eigenvalue weighted by Gasteiger charge is -2.09. The predicted molar refractivity (Wildman–Crippen MR) is 63.4 cm³/mol. The van der Waals surface area contributed by atoms with Crippen LogP contribution in [0.5, 0.6) is 5.75 Å². The van der Waals surface area contributed by atoms with Crippen molar-refractivity contribution in [1.29, 1.82) is 0 Å². The van der Waals surface area contributed by atoms with Gasteiger partial charge in [-0.3, -0.25) is 0 Å². The first-order valence-electron chi connectivity index (χ1n) is 4.63. The molecule has 0 unspecified atom stereocenters. The van der Waals surface area contributed by atoms with Gasteiger partial charge in [-0.25, -0.2) is 9.97 Å². The van der Waals surface area contributed by atoms with Gasteiger partial charge in [0.1, 0.15) is 22.9 Å². The Kier molecular flexibility index (Phi) is 2.92. The van der Waals surface area contributed by atoms with E-state index in [0.29, 0.717) is 16.5 Å². The molecule has 0 bridgehead atoms. The van der Waals surface area contributed by atoms with Crippen LogP contribution in [0.3, 0.4) is 0 Å². The lowest BCUT2D eigenvalue weighted by Crippen LogP contribution is -1.96. The quantitative estimate of drug-likeness (QED) is 0.868. The molecule has 0 fully saturated rings. The van der Waals surface area contributed by atoms with Crippen molar-refractivity contribution in [3.63, 3.8) is 0 Å². The lowest BCUT2D eigenvalue weighted by molar-refractivity contribution is 0.416. The summed E-state index contributed by atoms with van der Waals surface area (Å²) in [6.07, 6.45) is 1.38. The van der Waals surface area contributed by atoms with E-state index < -0.39 is 0 Å². The molecule has 0 saturated carbocycles. The summed E-state index contributed by atoms with van der Waals surface area (Å²) >= 11 is 6.05. The Morgan fingerprint density at radius 3 is 2.75 bits per heavy atom. The molecule has 0 radical (unpaired) electrons. The van der Waals surface area contributed by atoms with E-state index in [2.05, 4.69) is 9.97 Å². The largest absolute Gasteiger partial charge is 0.496 e. The van der Waals surface area contributed by atoms with Crippen molar-refractivity contribution >= 4 is 17.4 Å². The van der Waals surface area contributed by atoms with Crippen molar-refractivity contribution in [3.05, 3.63) is 35.6 Å². The van der Waals surface area contributed by atoms with Crippen LogP contribution in [0.4, 0.5) is 5.82 Å². The second-order valence-electron chi connectivity index (χ2n) is 3.12. The maximum Gasteiger partial charge on any atom is 0.146 e. The molecule has 16 heavy (non-hydrogen) atoms. The zero-order chi connectivity index (χ0) is 11.5. The smallest absolute Gasteiger partial charge is 0.146 e. The van der Waals surface area contributed by atoms with Crippen LogP contribution in [0, 0.1) is 0 Å². The van der Waals surface area contributed by atoms with Crippen LogP contribution in [0.2, 0.25) is 5.02 Å². The topological polar surface area (TPSA) is 61.0 Å². The van der Waals surface area contributed by atoms with Gasteiger partial charge in [0.05, 0.1) is 12.8 Å². The van der Waals surface area contributed by atoms with Crippen molar-refractivity contribution < 1.29 is 4.74 Å². The van der Waals surface area contributed by atoms with Crippen molar-refractivity contribution in [3.8, 4) is 17.0 Å². The van der Waals surface area contributed by atoms with E-state index in [1.54, 1.807) is 7.11 Å². The second-order valence-corrected chi connectivity index (χ2v) is 3.50. The number of rotatable bonds is 2. The molecule has 2 rings (SSSR count). The first kappa shape index (κ1) is 10.7. The van der Waals surface area contributed by atoms with E-state index in [1.807, 2.05) is 24.3 Å². The van der Waals surface area contributed by atoms with E-state index in [9.17, 15) is 0 Å². The van der Waals surface area contributed by atoms with Crippen molar-refractivity contribution in [2.45, 2.75) is 0 Å². The molecule has 0 aliphatic heterocycles. The Labute approximate surface area is 98.0 Å². The van der Waals surface area contributed by atoms with E-state index in [0.717, 1.165) is 5.56 Å². The van der Waals surface area contributed by atoms with Gasteiger partial charge in [0.25, 0.3) is 0 Å². The van der Waals surface area contributed by atoms with Gasteiger partial charge in [-0.15, -0.1) is 0 Å². The van der Waals surface area contributed by atoms with Gasteiger partial charge >= 0.3 is 0 Å². The summed E-state index contributed by atoms with van der Waals surface area (Å²) in [5.74, 6) is 0.958. The lowest BCUT2D eigenvalue weighted by atomic mass is 10.1.